The van der Waals surface area contributed by atoms with Gasteiger partial charge in [-0.3, -0.25) is 0 Å². The molecule has 3 aromatic rings. The molecule has 0 saturated heterocycles. The van der Waals surface area contributed by atoms with Crippen LogP contribution in [0.3, 0.4) is 0 Å². The number of hydrogen-bond donors (Lipinski definition) is 3. The minimum Gasteiger partial charge on any atom is -0.508 e. The molecule has 0 aliphatic carbocycles. The van der Waals surface area contributed by atoms with Crippen molar-refractivity contribution >= 4 is 22.7 Å². The molecule has 4 heteroatoms. The number of aromatic hydroxyl groups is 1. The van der Waals surface area contributed by atoms with E-state index < -0.39 is 0 Å². The third-order valence-electron chi connectivity index (χ3n) is 3.54. The highest BCUT2D eigenvalue weighted by Gasteiger charge is 2.01. The Labute approximate surface area is 148 Å². The lowest BCUT2D eigenvalue weighted by Crippen LogP contribution is -2.05. The lowest BCUT2D eigenvalue weighted by molar-refractivity contribution is 0.242. The van der Waals surface area contributed by atoms with Crippen molar-refractivity contribution < 1.29 is 9.84 Å². The third kappa shape index (κ3) is 4.91. The van der Waals surface area contributed by atoms with Crippen LogP contribution in [0.15, 0.2) is 72.8 Å². The van der Waals surface area contributed by atoms with Crippen LogP contribution < -0.4 is 15.4 Å². The smallest absolute Gasteiger partial charge is 0.121 e. The van der Waals surface area contributed by atoms with Crippen LogP contribution in [0.5, 0.6) is 11.5 Å². The normalized spacial score (nSPS) is 10.5. The second-order valence-electron chi connectivity index (χ2n) is 6.07. The van der Waals surface area contributed by atoms with Gasteiger partial charge in [-0.25, -0.2) is 0 Å². The van der Waals surface area contributed by atoms with E-state index in [0.29, 0.717) is 0 Å². The molecule has 0 amide bonds. The molecule has 25 heavy (non-hydrogen) atoms. The van der Waals surface area contributed by atoms with E-state index >= 15 is 0 Å². The molecule has 0 unspecified atom stereocenters. The zero-order valence-electron chi connectivity index (χ0n) is 14.4. The van der Waals surface area contributed by atoms with Gasteiger partial charge in [0.15, 0.2) is 0 Å². The van der Waals surface area contributed by atoms with Gasteiger partial charge in [0.25, 0.3) is 0 Å². The topological polar surface area (TPSA) is 53.5 Å². The van der Waals surface area contributed by atoms with E-state index in [0.717, 1.165) is 28.5 Å². The average molecular weight is 334 g/mol. The Morgan fingerprint density at radius 1 is 0.720 bits per heavy atom. The van der Waals surface area contributed by atoms with E-state index in [2.05, 4.69) is 10.6 Å². The second kappa shape index (κ2) is 7.62. The fourth-order valence-corrected chi connectivity index (χ4v) is 2.43. The number of phenolic OH excluding ortho intramolecular Hbond substituents is 1. The number of hydrogen-bond acceptors (Lipinski definition) is 4. The summed E-state index contributed by atoms with van der Waals surface area (Å²) in [5.41, 5.74) is 3.89. The summed E-state index contributed by atoms with van der Waals surface area (Å²) in [6, 6.07) is 22.9. The summed E-state index contributed by atoms with van der Waals surface area (Å²) in [4.78, 5) is 0. The van der Waals surface area contributed by atoms with Crippen molar-refractivity contribution in [3.63, 3.8) is 0 Å². The van der Waals surface area contributed by atoms with Gasteiger partial charge in [0, 0.05) is 28.8 Å². The summed E-state index contributed by atoms with van der Waals surface area (Å²) < 4.78 is 5.72. The summed E-state index contributed by atoms with van der Waals surface area (Å²) in [6.07, 6.45) is 0.153. The van der Waals surface area contributed by atoms with Gasteiger partial charge in [-0.1, -0.05) is 6.07 Å². The zero-order chi connectivity index (χ0) is 17.6. The van der Waals surface area contributed by atoms with Gasteiger partial charge in [-0.05, 0) is 74.5 Å². The van der Waals surface area contributed by atoms with Crippen molar-refractivity contribution in [2.75, 3.05) is 10.6 Å². The van der Waals surface area contributed by atoms with Crippen LogP contribution in [0, 0.1) is 0 Å². The molecule has 0 bridgehead atoms. The van der Waals surface area contributed by atoms with Crippen molar-refractivity contribution in [2.24, 2.45) is 0 Å². The SMILES string of the molecule is CC(C)Oc1cccc(Nc2ccc(Nc3ccc(O)cc3)cc2)c1. The molecule has 0 saturated carbocycles. The molecule has 4 nitrogen and oxygen atoms in total. The largest absolute Gasteiger partial charge is 0.508 e. The summed E-state index contributed by atoms with van der Waals surface area (Å²) in [5.74, 6) is 1.11. The molecule has 0 aliphatic heterocycles. The fraction of sp³-hybridized carbons (Fsp3) is 0.143. The van der Waals surface area contributed by atoms with Gasteiger partial charge in [0.1, 0.15) is 11.5 Å². The maximum atomic E-state index is 9.32. The van der Waals surface area contributed by atoms with Crippen molar-refractivity contribution in [3.8, 4) is 11.5 Å². The Bertz CT molecular complexity index is 812. The van der Waals surface area contributed by atoms with Crippen LogP contribution >= 0.6 is 0 Å². The highest BCUT2D eigenvalue weighted by molar-refractivity contribution is 5.66. The van der Waals surface area contributed by atoms with Crippen LogP contribution in [0.2, 0.25) is 0 Å². The van der Waals surface area contributed by atoms with Crippen LogP contribution in [0.25, 0.3) is 0 Å². The number of benzene rings is 3. The molecule has 128 valence electrons. The Kier molecular flexibility index (Phi) is 5.09. The molecule has 0 spiro atoms. The highest BCUT2D eigenvalue weighted by Crippen LogP contribution is 2.25. The molecule has 0 aliphatic rings. The lowest BCUT2D eigenvalue weighted by Gasteiger charge is -2.12. The number of rotatable bonds is 6. The van der Waals surface area contributed by atoms with Crippen molar-refractivity contribution in [2.45, 2.75) is 20.0 Å². The van der Waals surface area contributed by atoms with Gasteiger partial charge in [-0.2, -0.15) is 0 Å². The van der Waals surface area contributed by atoms with Gasteiger partial charge in [0.2, 0.25) is 0 Å². The van der Waals surface area contributed by atoms with E-state index in [4.69, 9.17) is 4.74 Å². The fourth-order valence-electron chi connectivity index (χ4n) is 2.43. The van der Waals surface area contributed by atoms with E-state index in [1.165, 1.54) is 0 Å². The first kappa shape index (κ1) is 16.7. The predicted octanol–water partition coefficient (Wildman–Crippen LogP) is 5.67. The Morgan fingerprint density at radius 3 is 1.80 bits per heavy atom. The molecule has 0 heterocycles. The first-order valence-electron chi connectivity index (χ1n) is 8.28. The molecule has 3 N–H and O–H groups in total. The quantitative estimate of drug-likeness (QED) is 0.509. The molecule has 0 radical (unpaired) electrons. The maximum absolute atomic E-state index is 9.32. The van der Waals surface area contributed by atoms with Gasteiger partial charge in [-0.15, -0.1) is 0 Å². The van der Waals surface area contributed by atoms with Crippen LogP contribution in [0.1, 0.15) is 13.8 Å². The van der Waals surface area contributed by atoms with Gasteiger partial charge >= 0.3 is 0 Å². The molecule has 0 atom stereocenters. The Morgan fingerprint density at radius 2 is 1.24 bits per heavy atom. The van der Waals surface area contributed by atoms with Crippen LogP contribution in [-0.4, -0.2) is 11.2 Å². The molecule has 0 aromatic heterocycles. The van der Waals surface area contributed by atoms with Gasteiger partial charge < -0.3 is 20.5 Å². The molecule has 3 aromatic carbocycles. The summed E-state index contributed by atoms with van der Waals surface area (Å²) >= 11 is 0. The van der Waals surface area contributed by atoms with E-state index in [1.54, 1.807) is 12.1 Å². The molecular weight excluding hydrogens is 312 g/mol. The molecule has 3 rings (SSSR count). The highest BCUT2D eigenvalue weighted by atomic mass is 16.5. The van der Waals surface area contributed by atoms with Crippen LogP contribution in [-0.2, 0) is 0 Å². The summed E-state index contributed by atoms with van der Waals surface area (Å²) in [6.45, 7) is 4.03. The second-order valence-corrected chi connectivity index (χ2v) is 6.07. The number of ether oxygens (including phenoxy) is 1. The third-order valence-corrected chi connectivity index (χ3v) is 3.54. The minimum absolute atomic E-state index is 0.153. The number of anilines is 4. The monoisotopic (exact) mass is 334 g/mol. The first-order valence-corrected chi connectivity index (χ1v) is 8.28. The number of nitrogens with one attached hydrogen (secondary N) is 2. The van der Waals surface area contributed by atoms with Crippen molar-refractivity contribution in [1.29, 1.82) is 0 Å². The summed E-state index contributed by atoms with van der Waals surface area (Å²) in [7, 11) is 0. The summed E-state index contributed by atoms with van der Waals surface area (Å²) in [5, 5.41) is 16.0. The average Bonchev–Trinajstić information content (AvgIpc) is 2.58. The Balaban J connectivity index is 1.65. The number of phenols is 1. The van der Waals surface area contributed by atoms with E-state index in [-0.39, 0.29) is 11.9 Å². The van der Waals surface area contributed by atoms with E-state index in [9.17, 15) is 5.11 Å². The Hall–Kier alpha value is -3.14. The molecule has 0 fully saturated rings. The van der Waals surface area contributed by atoms with Gasteiger partial charge in [0.05, 0.1) is 6.10 Å². The van der Waals surface area contributed by atoms with E-state index in [1.807, 2.05) is 74.5 Å². The zero-order valence-corrected chi connectivity index (χ0v) is 14.4. The minimum atomic E-state index is 0.153. The standard InChI is InChI=1S/C21H22N2O2/c1-15(2)25-21-5-3-4-19(14-21)23-17-8-6-16(7-9-17)22-18-10-12-20(24)13-11-18/h3-15,22-24H,1-2H3. The van der Waals surface area contributed by atoms with Crippen LogP contribution in [0.4, 0.5) is 22.7 Å². The van der Waals surface area contributed by atoms with Crippen molar-refractivity contribution in [1.82, 2.24) is 0 Å². The predicted molar refractivity (Wildman–Crippen MR) is 103 cm³/mol. The van der Waals surface area contributed by atoms with Crippen molar-refractivity contribution in [3.05, 3.63) is 72.8 Å². The first-order chi connectivity index (χ1) is 12.1. The lowest BCUT2D eigenvalue weighted by atomic mass is 10.2. The maximum Gasteiger partial charge on any atom is 0.121 e. The molecular formula is C21H22N2O2.